The Hall–Kier alpha value is -1.58. The van der Waals surface area contributed by atoms with Crippen LogP contribution in [0, 0.1) is 5.41 Å². The molecule has 1 rings (SSSR count). The van der Waals surface area contributed by atoms with Gasteiger partial charge in [0.25, 0.3) is 0 Å². The Bertz CT molecular complexity index is 483. The molecule has 1 amide bonds. The monoisotopic (exact) mass is 256 g/mol. The molecule has 1 aromatic carbocycles. The summed E-state index contributed by atoms with van der Waals surface area (Å²) in [6.07, 6.45) is 1.15. The zero-order chi connectivity index (χ0) is 14.6. The largest absolute Gasteiger partial charge is 0.304 e. The summed E-state index contributed by atoms with van der Waals surface area (Å²) in [4.78, 5) is 13.3. The molecule has 0 bridgehead atoms. The fraction of sp³-hybridized carbons (Fsp3) is 0.467. The van der Waals surface area contributed by atoms with Crippen molar-refractivity contribution >= 4 is 25.1 Å². The number of amides is 1. The molecule has 0 heterocycles. The van der Waals surface area contributed by atoms with Crippen LogP contribution in [0.3, 0.4) is 0 Å². The second kappa shape index (κ2) is 6.05. The molecule has 0 aromatic heterocycles. The molecule has 0 saturated heterocycles. The van der Waals surface area contributed by atoms with E-state index in [1.807, 2.05) is 24.3 Å². The third-order valence-corrected chi connectivity index (χ3v) is 3.51. The summed E-state index contributed by atoms with van der Waals surface area (Å²) in [7, 11) is 7.43. The SMILES string of the molecule is [B]c1cccc(C(C)(C)CCC(=O)N(C)C(C)=N)c1. The number of amidine groups is 1. The summed E-state index contributed by atoms with van der Waals surface area (Å²) in [5, 5.41) is 7.45. The quantitative estimate of drug-likeness (QED) is 0.499. The van der Waals surface area contributed by atoms with Crippen molar-refractivity contribution in [3.05, 3.63) is 29.8 Å². The van der Waals surface area contributed by atoms with Crippen LogP contribution in [0.2, 0.25) is 0 Å². The Morgan fingerprint density at radius 3 is 2.58 bits per heavy atom. The Kier molecular flexibility index (Phi) is 4.93. The molecule has 2 radical (unpaired) electrons. The van der Waals surface area contributed by atoms with Crippen LogP contribution >= 0.6 is 0 Å². The van der Waals surface area contributed by atoms with Crippen molar-refractivity contribution in [3.8, 4) is 0 Å². The molecule has 1 aromatic rings. The number of nitrogens with one attached hydrogen (secondary N) is 1. The van der Waals surface area contributed by atoms with Gasteiger partial charge < -0.3 is 4.90 Å². The first-order chi connectivity index (χ1) is 8.74. The molecule has 0 aliphatic carbocycles. The Labute approximate surface area is 116 Å². The molecular weight excluding hydrogens is 235 g/mol. The first-order valence-electron chi connectivity index (χ1n) is 6.42. The van der Waals surface area contributed by atoms with Gasteiger partial charge in [-0.2, -0.15) is 0 Å². The van der Waals surface area contributed by atoms with E-state index in [1.54, 1.807) is 14.0 Å². The molecule has 19 heavy (non-hydrogen) atoms. The summed E-state index contributed by atoms with van der Waals surface area (Å²) >= 11 is 0. The highest BCUT2D eigenvalue weighted by Crippen LogP contribution is 2.27. The minimum absolute atomic E-state index is 0.0236. The first kappa shape index (κ1) is 15.5. The predicted octanol–water partition coefficient (Wildman–Crippen LogP) is 1.99. The van der Waals surface area contributed by atoms with Crippen LogP contribution in [0.15, 0.2) is 24.3 Å². The maximum absolute atomic E-state index is 11.9. The molecule has 0 atom stereocenters. The summed E-state index contributed by atoms with van der Waals surface area (Å²) in [5.74, 6) is 0.247. The van der Waals surface area contributed by atoms with E-state index in [1.165, 1.54) is 4.90 Å². The lowest BCUT2D eigenvalue weighted by atomic mass is 9.78. The van der Waals surface area contributed by atoms with Gasteiger partial charge in [0, 0.05) is 13.5 Å². The standard InChI is InChI=1S/C15H21BN2O/c1-11(17)18(4)14(19)8-9-15(2,3)12-6-5-7-13(16)10-12/h5-7,10,17H,8-9H2,1-4H3. The number of hydrogen-bond acceptors (Lipinski definition) is 2. The molecule has 0 fully saturated rings. The Morgan fingerprint density at radius 1 is 1.42 bits per heavy atom. The van der Waals surface area contributed by atoms with E-state index in [2.05, 4.69) is 13.8 Å². The first-order valence-corrected chi connectivity index (χ1v) is 6.42. The second-order valence-corrected chi connectivity index (χ2v) is 5.55. The van der Waals surface area contributed by atoms with Crippen LogP contribution in [0.1, 0.15) is 39.2 Å². The molecule has 4 heteroatoms. The molecule has 100 valence electrons. The summed E-state index contributed by atoms with van der Waals surface area (Å²) < 4.78 is 0. The van der Waals surface area contributed by atoms with Crippen molar-refractivity contribution in [2.45, 2.75) is 39.0 Å². The van der Waals surface area contributed by atoms with E-state index < -0.39 is 0 Å². The summed E-state index contributed by atoms with van der Waals surface area (Å²) in [6.45, 7) is 5.82. The van der Waals surface area contributed by atoms with E-state index in [0.29, 0.717) is 6.42 Å². The topological polar surface area (TPSA) is 44.2 Å². The van der Waals surface area contributed by atoms with E-state index in [-0.39, 0.29) is 17.2 Å². The Morgan fingerprint density at radius 2 is 2.05 bits per heavy atom. The lowest BCUT2D eigenvalue weighted by Gasteiger charge is -2.26. The smallest absolute Gasteiger partial charge is 0.227 e. The summed E-state index contributed by atoms with van der Waals surface area (Å²) in [5.41, 5.74) is 1.76. The number of nitrogens with zero attached hydrogens (tertiary/aromatic N) is 1. The maximum atomic E-state index is 11.9. The minimum atomic E-state index is -0.109. The highest BCUT2D eigenvalue weighted by molar-refractivity contribution is 6.32. The predicted molar refractivity (Wildman–Crippen MR) is 80.3 cm³/mol. The van der Waals surface area contributed by atoms with Crippen LogP contribution in [0.4, 0.5) is 0 Å². The molecule has 0 aliphatic rings. The van der Waals surface area contributed by atoms with Gasteiger partial charge in [0.1, 0.15) is 7.85 Å². The van der Waals surface area contributed by atoms with Gasteiger partial charge in [-0.25, -0.2) is 0 Å². The molecule has 0 saturated carbocycles. The summed E-state index contributed by atoms with van der Waals surface area (Å²) in [6, 6.07) is 7.78. The van der Waals surface area contributed by atoms with E-state index in [9.17, 15) is 4.79 Å². The molecule has 0 spiro atoms. The number of carbonyl (C=O) groups excluding carboxylic acids is 1. The van der Waals surface area contributed by atoms with E-state index in [4.69, 9.17) is 13.3 Å². The third-order valence-electron chi connectivity index (χ3n) is 3.51. The average molecular weight is 256 g/mol. The fourth-order valence-electron chi connectivity index (χ4n) is 1.88. The highest BCUT2D eigenvalue weighted by Gasteiger charge is 2.23. The maximum Gasteiger partial charge on any atom is 0.227 e. The fourth-order valence-corrected chi connectivity index (χ4v) is 1.88. The van der Waals surface area contributed by atoms with Gasteiger partial charge in [-0.15, -0.1) is 0 Å². The third kappa shape index (κ3) is 4.23. The zero-order valence-corrected chi connectivity index (χ0v) is 12.2. The van der Waals surface area contributed by atoms with Gasteiger partial charge in [-0.3, -0.25) is 10.2 Å². The van der Waals surface area contributed by atoms with Crippen LogP contribution in [0.25, 0.3) is 0 Å². The average Bonchev–Trinajstić information content (AvgIpc) is 2.35. The minimum Gasteiger partial charge on any atom is -0.304 e. The van der Waals surface area contributed by atoms with Crippen molar-refractivity contribution in [1.29, 1.82) is 5.41 Å². The van der Waals surface area contributed by atoms with Gasteiger partial charge in [-0.1, -0.05) is 43.6 Å². The van der Waals surface area contributed by atoms with Crippen molar-refractivity contribution in [3.63, 3.8) is 0 Å². The molecule has 1 N–H and O–H groups in total. The molecule has 0 aliphatic heterocycles. The van der Waals surface area contributed by atoms with E-state index >= 15 is 0 Å². The number of hydrogen-bond donors (Lipinski definition) is 1. The zero-order valence-electron chi connectivity index (χ0n) is 12.2. The lowest BCUT2D eigenvalue weighted by Crippen LogP contribution is -2.32. The van der Waals surface area contributed by atoms with Crippen LogP contribution in [0.5, 0.6) is 0 Å². The molecule has 3 nitrogen and oxygen atoms in total. The van der Waals surface area contributed by atoms with Crippen molar-refractivity contribution in [2.75, 3.05) is 7.05 Å². The number of carbonyl (C=O) groups is 1. The van der Waals surface area contributed by atoms with E-state index in [0.717, 1.165) is 17.4 Å². The van der Waals surface area contributed by atoms with Gasteiger partial charge in [0.15, 0.2) is 0 Å². The lowest BCUT2D eigenvalue weighted by molar-refractivity contribution is -0.126. The van der Waals surface area contributed by atoms with Crippen molar-refractivity contribution < 1.29 is 4.79 Å². The highest BCUT2D eigenvalue weighted by atomic mass is 16.2. The van der Waals surface area contributed by atoms with Crippen molar-refractivity contribution in [1.82, 2.24) is 4.90 Å². The number of benzene rings is 1. The number of rotatable bonds is 4. The van der Waals surface area contributed by atoms with Crippen molar-refractivity contribution in [2.24, 2.45) is 0 Å². The van der Waals surface area contributed by atoms with Gasteiger partial charge in [0.2, 0.25) is 5.91 Å². The molecular formula is C15H21BN2O. The van der Waals surface area contributed by atoms with Gasteiger partial charge >= 0.3 is 0 Å². The van der Waals surface area contributed by atoms with Crippen LogP contribution < -0.4 is 5.46 Å². The van der Waals surface area contributed by atoms with Crippen LogP contribution in [-0.4, -0.2) is 31.5 Å². The Balaban J connectivity index is 2.70. The molecule has 0 unspecified atom stereocenters. The van der Waals surface area contributed by atoms with Gasteiger partial charge in [-0.05, 0) is 24.3 Å². The second-order valence-electron chi connectivity index (χ2n) is 5.55. The normalized spacial score (nSPS) is 11.2. The van der Waals surface area contributed by atoms with Crippen LogP contribution in [-0.2, 0) is 10.2 Å². The van der Waals surface area contributed by atoms with Gasteiger partial charge in [0.05, 0.1) is 5.84 Å².